The van der Waals surface area contributed by atoms with Crippen LogP contribution in [0.1, 0.15) is 84.5 Å². The normalized spacial score (nSPS) is 14.9. The monoisotopic (exact) mass is 475 g/mol. The van der Waals surface area contributed by atoms with Gasteiger partial charge in [-0.25, -0.2) is 4.79 Å². The maximum absolute atomic E-state index is 13.3. The van der Waals surface area contributed by atoms with Crippen molar-refractivity contribution in [3.63, 3.8) is 0 Å². The van der Waals surface area contributed by atoms with Crippen LogP contribution in [0, 0.1) is 0 Å². The average Bonchev–Trinajstić information content (AvgIpc) is 3.15. The molecule has 1 aliphatic rings. The molecular weight excluding hydrogens is 442 g/mol. The highest BCUT2D eigenvalue weighted by Crippen LogP contribution is 2.44. The second-order valence-corrected chi connectivity index (χ2v) is 8.82. The molecule has 0 spiro atoms. The van der Waals surface area contributed by atoms with Crippen LogP contribution in [-0.4, -0.2) is 38.3 Å². The van der Waals surface area contributed by atoms with Crippen molar-refractivity contribution in [2.75, 3.05) is 31.7 Å². The molecule has 1 amide bonds. The van der Waals surface area contributed by atoms with Gasteiger partial charge in [-0.15, -0.1) is 11.3 Å². The predicted molar refractivity (Wildman–Crippen MR) is 130 cm³/mol. The molecule has 0 saturated carbocycles. The number of nitrogens with one attached hydrogen (secondary N) is 1. The molecule has 1 aromatic heterocycles. The molecule has 1 heterocycles. The lowest BCUT2D eigenvalue weighted by Gasteiger charge is -2.19. The van der Waals surface area contributed by atoms with Gasteiger partial charge in [0.15, 0.2) is 11.5 Å². The Hall–Kier alpha value is -2.74. The molecule has 0 saturated heterocycles. The number of aryl methyl sites for hydroxylation is 1. The molecule has 3 rings (SSSR count). The molecule has 180 valence electrons. The number of fused-ring (bicyclic) bond motifs is 1. The van der Waals surface area contributed by atoms with Crippen molar-refractivity contribution in [3.05, 3.63) is 33.7 Å². The summed E-state index contributed by atoms with van der Waals surface area (Å²) in [6.07, 6.45) is 2.98. The third kappa shape index (κ3) is 5.43. The van der Waals surface area contributed by atoms with E-state index in [1.54, 1.807) is 19.1 Å². The van der Waals surface area contributed by atoms with Crippen molar-refractivity contribution in [2.24, 2.45) is 0 Å². The first-order valence-electron chi connectivity index (χ1n) is 11.6. The Kier molecular flexibility index (Phi) is 8.61. The van der Waals surface area contributed by atoms with E-state index in [1.807, 2.05) is 20.8 Å². The van der Waals surface area contributed by atoms with Crippen LogP contribution in [0.25, 0.3) is 0 Å². The van der Waals surface area contributed by atoms with Crippen LogP contribution >= 0.6 is 11.3 Å². The summed E-state index contributed by atoms with van der Waals surface area (Å²) in [5.74, 6) is 0.868. The van der Waals surface area contributed by atoms with Crippen LogP contribution in [0.4, 0.5) is 5.00 Å². The Morgan fingerprint density at radius 3 is 2.21 bits per heavy atom. The van der Waals surface area contributed by atoms with Crippen LogP contribution in [-0.2, 0) is 11.2 Å². The summed E-state index contributed by atoms with van der Waals surface area (Å²) in [6, 6.07) is 3.29. The standard InChI is InChI=1S/C25H33NO6S/c1-6-29-17-13-16(14-18(30-7-2)22(17)31-8-3)23(27)26-24-21(25(28)32-9-4)20-15(5)11-10-12-19(20)33-24/h13-15H,6-12H2,1-5H3,(H,26,27). The average molecular weight is 476 g/mol. The maximum Gasteiger partial charge on any atom is 0.341 e. The van der Waals surface area contributed by atoms with Gasteiger partial charge < -0.3 is 24.3 Å². The van der Waals surface area contributed by atoms with Crippen LogP contribution in [0.5, 0.6) is 17.2 Å². The van der Waals surface area contributed by atoms with Crippen LogP contribution in [0.15, 0.2) is 12.1 Å². The number of thiophene rings is 1. The molecule has 0 fully saturated rings. The van der Waals surface area contributed by atoms with Gasteiger partial charge in [-0.2, -0.15) is 0 Å². The van der Waals surface area contributed by atoms with Gasteiger partial charge in [0.1, 0.15) is 5.00 Å². The van der Waals surface area contributed by atoms with Gasteiger partial charge in [-0.3, -0.25) is 4.79 Å². The summed E-state index contributed by atoms with van der Waals surface area (Å²) in [5.41, 5.74) is 1.86. The van der Waals surface area contributed by atoms with Gasteiger partial charge >= 0.3 is 5.97 Å². The minimum Gasteiger partial charge on any atom is -0.490 e. The molecule has 0 aliphatic heterocycles. The molecule has 8 heteroatoms. The zero-order valence-corrected chi connectivity index (χ0v) is 20.9. The number of amides is 1. The lowest BCUT2D eigenvalue weighted by Crippen LogP contribution is -2.17. The van der Waals surface area contributed by atoms with Crippen LogP contribution < -0.4 is 19.5 Å². The fraction of sp³-hybridized carbons (Fsp3) is 0.520. The van der Waals surface area contributed by atoms with Crippen molar-refractivity contribution >= 4 is 28.2 Å². The molecule has 1 N–H and O–H groups in total. The predicted octanol–water partition coefficient (Wildman–Crippen LogP) is 5.81. The lowest BCUT2D eigenvalue weighted by atomic mass is 9.86. The zero-order valence-electron chi connectivity index (χ0n) is 20.0. The van der Waals surface area contributed by atoms with E-state index in [4.69, 9.17) is 18.9 Å². The van der Waals surface area contributed by atoms with E-state index >= 15 is 0 Å². The van der Waals surface area contributed by atoms with Gasteiger partial charge in [0.05, 0.1) is 32.0 Å². The number of esters is 1. The molecule has 1 aromatic carbocycles. The van der Waals surface area contributed by atoms with E-state index < -0.39 is 5.97 Å². The molecule has 0 radical (unpaired) electrons. The summed E-state index contributed by atoms with van der Waals surface area (Å²) in [4.78, 5) is 27.3. The van der Waals surface area contributed by atoms with Gasteiger partial charge in [0, 0.05) is 10.4 Å². The van der Waals surface area contributed by atoms with E-state index in [0.29, 0.717) is 53.2 Å². The van der Waals surface area contributed by atoms with Crippen LogP contribution in [0.2, 0.25) is 0 Å². The van der Waals surface area contributed by atoms with Crippen molar-refractivity contribution in [2.45, 2.75) is 59.8 Å². The maximum atomic E-state index is 13.3. The molecule has 1 aliphatic carbocycles. The lowest BCUT2D eigenvalue weighted by molar-refractivity contribution is 0.0526. The molecule has 1 unspecified atom stereocenters. The first-order valence-corrected chi connectivity index (χ1v) is 12.5. The molecule has 7 nitrogen and oxygen atoms in total. The Bertz CT molecular complexity index is 972. The van der Waals surface area contributed by atoms with Gasteiger partial charge in [-0.1, -0.05) is 6.92 Å². The summed E-state index contributed by atoms with van der Waals surface area (Å²) in [5, 5.41) is 3.49. The number of carbonyl (C=O) groups excluding carboxylic acids is 2. The number of hydrogen-bond donors (Lipinski definition) is 1. The highest BCUT2D eigenvalue weighted by molar-refractivity contribution is 7.17. The van der Waals surface area contributed by atoms with Crippen molar-refractivity contribution in [3.8, 4) is 17.2 Å². The summed E-state index contributed by atoms with van der Waals surface area (Å²) >= 11 is 1.46. The summed E-state index contributed by atoms with van der Waals surface area (Å²) < 4.78 is 22.5. The minimum absolute atomic E-state index is 0.245. The molecule has 33 heavy (non-hydrogen) atoms. The van der Waals surface area contributed by atoms with E-state index in [2.05, 4.69) is 12.2 Å². The molecule has 2 aromatic rings. The van der Waals surface area contributed by atoms with Crippen molar-refractivity contribution in [1.82, 2.24) is 0 Å². The second kappa shape index (κ2) is 11.4. The SMILES string of the molecule is CCOC(=O)c1c(NC(=O)c2cc(OCC)c(OCC)c(OCC)c2)sc2c1C(C)CCC2. The molecule has 1 atom stereocenters. The molecular formula is C25H33NO6S. The third-order valence-corrected chi connectivity index (χ3v) is 6.61. The van der Waals surface area contributed by atoms with E-state index in [1.165, 1.54) is 11.3 Å². The van der Waals surface area contributed by atoms with E-state index in [0.717, 1.165) is 29.7 Å². The third-order valence-electron chi connectivity index (χ3n) is 5.43. The Morgan fingerprint density at radius 2 is 1.64 bits per heavy atom. The minimum atomic E-state index is -0.393. The molecule has 0 bridgehead atoms. The number of benzene rings is 1. The number of carbonyl (C=O) groups is 2. The Labute approximate surface area is 199 Å². The van der Waals surface area contributed by atoms with Gasteiger partial charge in [0.25, 0.3) is 5.91 Å². The van der Waals surface area contributed by atoms with Gasteiger partial charge in [0.2, 0.25) is 5.75 Å². The van der Waals surface area contributed by atoms with Gasteiger partial charge in [-0.05, 0) is 70.6 Å². The first kappa shape index (κ1) is 24.9. The number of rotatable bonds is 10. The number of ether oxygens (including phenoxy) is 4. The highest BCUT2D eigenvalue weighted by Gasteiger charge is 2.31. The second-order valence-electron chi connectivity index (χ2n) is 7.71. The van der Waals surface area contributed by atoms with Crippen LogP contribution in [0.3, 0.4) is 0 Å². The largest absolute Gasteiger partial charge is 0.490 e. The first-order chi connectivity index (χ1) is 15.9. The van der Waals surface area contributed by atoms with Crippen molar-refractivity contribution in [1.29, 1.82) is 0 Å². The summed E-state index contributed by atoms with van der Waals surface area (Å²) in [6.45, 7) is 11.1. The quantitative estimate of drug-likeness (QED) is 0.437. The van der Waals surface area contributed by atoms with Crippen molar-refractivity contribution < 1.29 is 28.5 Å². The van der Waals surface area contributed by atoms with E-state index in [-0.39, 0.29) is 18.4 Å². The zero-order chi connectivity index (χ0) is 24.0. The Morgan fingerprint density at radius 1 is 1.00 bits per heavy atom. The number of anilines is 1. The van der Waals surface area contributed by atoms with E-state index in [9.17, 15) is 9.59 Å². The topological polar surface area (TPSA) is 83.1 Å². The fourth-order valence-electron chi connectivity index (χ4n) is 4.10. The Balaban J connectivity index is 2.01. The smallest absolute Gasteiger partial charge is 0.341 e. The number of hydrogen-bond acceptors (Lipinski definition) is 7. The highest BCUT2D eigenvalue weighted by atomic mass is 32.1. The summed E-state index contributed by atoms with van der Waals surface area (Å²) in [7, 11) is 0. The fourth-order valence-corrected chi connectivity index (χ4v) is 5.45.